The number of nitrogens with one attached hydrogen (secondary N) is 1. The molecule has 0 aromatic heterocycles. The zero-order valence-electron chi connectivity index (χ0n) is 11.8. The summed E-state index contributed by atoms with van der Waals surface area (Å²) in [6, 6.07) is 8.81. The number of hydrogen-bond donors (Lipinski definition) is 3. The third-order valence-electron chi connectivity index (χ3n) is 2.78. The van der Waals surface area contributed by atoms with Crippen LogP contribution in [0.5, 0.6) is 0 Å². The van der Waals surface area contributed by atoms with E-state index in [0.717, 1.165) is 0 Å². The van der Waals surface area contributed by atoms with Crippen LogP contribution in [0, 0.1) is 0 Å². The molecule has 0 spiro atoms. The number of ether oxygens (including phenoxy) is 2. The topological polar surface area (TPSA) is 106 Å². The van der Waals surface area contributed by atoms with Gasteiger partial charge in [0.1, 0.15) is 4.99 Å². The SMILES string of the molecule is CCOC(=O)/C(C(N)=S)=C1\NN=C(C(O)c2ccccc2)O1. The van der Waals surface area contributed by atoms with Crippen molar-refractivity contribution in [1.29, 1.82) is 0 Å². The van der Waals surface area contributed by atoms with Crippen LogP contribution in [0.15, 0.2) is 46.9 Å². The number of esters is 1. The molecule has 0 bridgehead atoms. The Morgan fingerprint density at radius 3 is 2.77 bits per heavy atom. The number of nitrogens with two attached hydrogens (primary N) is 1. The predicted molar refractivity (Wildman–Crippen MR) is 83.5 cm³/mol. The van der Waals surface area contributed by atoms with E-state index in [4.69, 9.17) is 27.4 Å². The van der Waals surface area contributed by atoms with E-state index in [1.165, 1.54) is 0 Å². The van der Waals surface area contributed by atoms with Gasteiger partial charge in [0.25, 0.3) is 0 Å². The smallest absolute Gasteiger partial charge is 0.346 e. The van der Waals surface area contributed by atoms with Crippen LogP contribution in [0.3, 0.4) is 0 Å². The Balaban J connectivity index is 2.20. The second kappa shape index (κ2) is 7.01. The van der Waals surface area contributed by atoms with E-state index in [0.29, 0.717) is 5.56 Å². The fourth-order valence-corrected chi connectivity index (χ4v) is 1.94. The number of hydrazone groups is 1. The molecule has 7 nitrogen and oxygen atoms in total. The molecule has 0 aliphatic carbocycles. The van der Waals surface area contributed by atoms with Crippen molar-refractivity contribution in [3.05, 3.63) is 47.4 Å². The summed E-state index contributed by atoms with van der Waals surface area (Å²) in [4.78, 5) is 11.6. The summed E-state index contributed by atoms with van der Waals surface area (Å²) in [5, 5.41) is 14.1. The highest BCUT2D eigenvalue weighted by atomic mass is 32.1. The Morgan fingerprint density at radius 2 is 2.18 bits per heavy atom. The highest BCUT2D eigenvalue weighted by Gasteiger charge is 2.29. The molecular formula is C14H15N3O4S. The molecule has 1 atom stereocenters. The molecule has 1 heterocycles. The molecule has 22 heavy (non-hydrogen) atoms. The molecule has 4 N–H and O–H groups in total. The maximum Gasteiger partial charge on any atom is 0.346 e. The third kappa shape index (κ3) is 3.41. The minimum absolute atomic E-state index is 0.0146. The summed E-state index contributed by atoms with van der Waals surface area (Å²) >= 11 is 4.83. The van der Waals surface area contributed by atoms with Gasteiger partial charge in [-0.15, -0.1) is 5.10 Å². The standard InChI is InChI=1S/C14H15N3O4S/c1-2-20-14(19)9(11(15)22)12-16-17-13(21-12)10(18)8-6-4-3-5-7-8/h3-7,10,16,18H,2H2,1H3,(H2,15,22)/b12-9+. The van der Waals surface area contributed by atoms with Gasteiger partial charge in [-0.2, -0.15) is 0 Å². The average Bonchev–Trinajstić information content (AvgIpc) is 2.97. The van der Waals surface area contributed by atoms with Gasteiger partial charge in [0.15, 0.2) is 11.7 Å². The van der Waals surface area contributed by atoms with Crippen molar-refractivity contribution in [2.24, 2.45) is 10.8 Å². The monoisotopic (exact) mass is 321 g/mol. The van der Waals surface area contributed by atoms with Gasteiger partial charge in [0.2, 0.25) is 11.8 Å². The fourth-order valence-electron chi connectivity index (χ4n) is 1.77. The first kappa shape index (κ1) is 15.9. The summed E-state index contributed by atoms with van der Waals surface area (Å²) in [5.74, 6) is -0.793. The van der Waals surface area contributed by atoms with Gasteiger partial charge in [-0.05, 0) is 12.5 Å². The van der Waals surface area contributed by atoms with Crippen LogP contribution in [-0.2, 0) is 14.3 Å². The molecule has 1 aromatic rings. The zero-order chi connectivity index (χ0) is 16.1. The first-order chi connectivity index (χ1) is 10.5. The lowest BCUT2D eigenvalue weighted by atomic mass is 10.1. The van der Waals surface area contributed by atoms with Gasteiger partial charge in [-0.1, -0.05) is 42.5 Å². The van der Waals surface area contributed by atoms with Crippen molar-refractivity contribution < 1.29 is 19.4 Å². The number of thiocarbonyl (C=S) groups is 1. The fraction of sp³-hybridized carbons (Fsp3) is 0.214. The van der Waals surface area contributed by atoms with Crippen molar-refractivity contribution in [1.82, 2.24) is 5.43 Å². The van der Waals surface area contributed by atoms with E-state index in [1.54, 1.807) is 31.2 Å². The van der Waals surface area contributed by atoms with E-state index < -0.39 is 12.1 Å². The number of aliphatic hydroxyl groups is 1. The van der Waals surface area contributed by atoms with E-state index in [9.17, 15) is 9.90 Å². The van der Waals surface area contributed by atoms with Gasteiger partial charge in [-0.25, -0.2) is 10.2 Å². The lowest BCUT2D eigenvalue weighted by Crippen LogP contribution is -2.26. The van der Waals surface area contributed by atoms with Crippen LogP contribution < -0.4 is 11.2 Å². The number of nitrogens with zero attached hydrogens (tertiary/aromatic N) is 1. The van der Waals surface area contributed by atoms with Gasteiger partial charge >= 0.3 is 5.97 Å². The first-order valence-corrected chi connectivity index (χ1v) is 6.91. The van der Waals surface area contributed by atoms with Crippen LogP contribution >= 0.6 is 12.2 Å². The zero-order valence-corrected chi connectivity index (χ0v) is 12.6. The second-order valence-electron chi connectivity index (χ2n) is 4.27. The number of carbonyl (C=O) groups excluding carboxylic acids is 1. The molecule has 0 saturated carbocycles. The lowest BCUT2D eigenvalue weighted by molar-refractivity contribution is -0.138. The van der Waals surface area contributed by atoms with Crippen molar-refractivity contribution in [2.75, 3.05) is 6.61 Å². The maximum atomic E-state index is 11.8. The van der Waals surface area contributed by atoms with Crippen molar-refractivity contribution in [2.45, 2.75) is 13.0 Å². The highest BCUT2D eigenvalue weighted by Crippen LogP contribution is 2.21. The first-order valence-electron chi connectivity index (χ1n) is 6.50. The van der Waals surface area contributed by atoms with Crippen molar-refractivity contribution in [3.63, 3.8) is 0 Å². The molecule has 1 aliphatic rings. The van der Waals surface area contributed by atoms with Gasteiger partial charge in [0, 0.05) is 0 Å². The van der Waals surface area contributed by atoms with E-state index in [2.05, 4.69) is 10.5 Å². The summed E-state index contributed by atoms with van der Waals surface area (Å²) in [5.41, 5.74) is 8.48. The molecular weight excluding hydrogens is 306 g/mol. The largest absolute Gasteiger partial charge is 0.462 e. The average molecular weight is 321 g/mol. The van der Waals surface area contributed by atoms with E-state index >= 15 is 0 Å². The van der Waals surface area contributed by atoms with Crippen LogP contribution in [0.4, 0.5) is 0 Å². The second-order valence-corrected chi connectivity index (χ2v) is 4.71. The summed E-state index contributed by atoms with van der Waals surface area (Å²) in [6.07, 6.45) is -1.08. The Kier molecular flexibility index (Phi) is 5.08. The molecule has 0 radical (unpaired) electrons. The quantitative estimate of drug-likeness (QED) is 0.417. The molecule has 0 fully saturated rings. The highest BCUT2D eigenvalue weighted by molar-refractivity contribution is 7.80. The number of benzene rings is 1. The van der Waals surface area contributed by atoms with E-state index in [1.807, 2.05) is 6.07 Å². The molecule has 8 heteroatoms. The molecule has 2 rings (SSSR count). The minimum Gasteiger partial charge on any atom is -0.462 e. The lowest BCUT2D eigenvalue weighted by Gasteiger charge is -2.11. The molecule has 0 saturated heterocycles. The Hall–Kier alpha value is -2.45. The Bertz CT molecular complexity index is 643. The van der Waals surface area contributed by atoms with Gasteiger partial charge in [0.05, 0.1) is 6.61 Å². The van der Waals surface area contributed by atoms with Gasteiger partial charge in [-0.3, -0.25) is 0 Å². The number of carbonyl (C=O) groups is 1. The van der Waals surface area contributed by atoms with Crippen LogP contribution in [0.1, 0.15) is 18.6 Å². The Labute approximate surface area is 132 Å². The summed E-state index contributed by atoms with van der Waals surface area (Å²) < 4.78 is 10.2. The maximum absolute atomic E-state index is 11.8. The van der Waals surface area contributed by atoms with Crippen LogP contribution in [0.25, 0.3) is 0 Å². The molecule has 1 aromatic carbocycles. The van der Waals surface area contributed by atoms with Crippen LogP contribution in [0.2, 0.25) is 0 Å². The summed E-state index contributed by atoms with van der Waals surface area (Å²) in [6.45, 7) is 1.82. The predicted octanol–water partition coefficient (Wildman–Crippen LogP) is 0.714. The molecule has 1 unspecified atom stereocenters. The summed E-state index contributed by atoms with van der Waals surface area (Å²) in [7, 11) is 0. The molecule has 1 aliphatic heterocycles. The normalized spacial score (nSPS) is 16.9. The third-order valence-corrected chi connectivity index (χ3v) is 2.98. The number of rotatable bonds is 5. The van der Waals surface area contributed by atoms with Crippen LogP contribution in [-0.4, -0.2) is 28.6 Å². The van der Waals surface area contributed by atoms with Gasteiger partial charge < -0.3 is 20.3 Å². The number of aliphatic hydroxyl groups excluding tert-OH is 1. The van der Waals surface area contributed by atoms with Crippen molar-refractivity contribution >= 4 is 29.1 Å². The Morgan fingerprint density at radius 1 is 1.50 bits per heavy atom. The molecule has 116 valence electrons. The number of hydrogen-bond acceptors (Lipinski definition) is 7. The van der Waals surface area contributed by atoms with Crippen molar-refractivity contribution in [3.8, 4) is 0 Å². The molecule has 0 amide bonds. The van der Waals surface area contributed by atoms with E-state index in [-0.39, 0.29) is 28.9 Å². The minimum atomic E-state index is -1.08.